The maximum atomic E-state index is 12.6. The van der Waals surface area contributed by atoms with Gasteiger partial charge in [-0.25, -0.2) is 0 Å². The zero-order chi connectivity index (χ0) is 20.6. The average molecular weight is 528 g/mol. The van der Waals surface area contributed by atoms with E-state index in [1.165, 1.54) is 18.4 Å². The van der Waals surface area contributed by atoms with Crippen molar-refractivity contribution in [2.75, 3.05) is 33.3 Å². The van der Waals surface area contributed by atoms with Crippen LogP contribution >= 0.6 is 24.0 Å². The van der Waals surface area contributed by atoms with Gasteiger partial charge in [-0.2, -0.15) is 0 Å². The second-order valence-electron chi connectivity index (χ2n) is 8.47. The molecule has 1 aromatic carbocycles. The van der Waals surface area contributed by atoms with E-state index in [1.807, 2.05) is 17.0 Å². The van der Waals surface area contributed by atoms with E-state index in [-0.39, 0.29) is 35.9 Å². The lowest BCUT2D eigenvalue weighted by atomic mass is 10.0. The number of hydrogen-bond acceptors (Lipinski definition) is 3. The third-order valence-corrected chi connectivity index (χ3v) is 5.98. The molecule has 2 fully saturated rings. The predicted octanol–water partition coefficient (Wildman–Crippen LogP) is 3.76. The van der Waals surface area contributed by atoms with Crippen LogP contribution in [0.4, 0.5) is 0 Å². The van der Waals surface area contributed by atoms with Crippen molar-refractivity contribution in [2.24, 2.45) is 10.9 Å². The van der Waals surface area contributed by atoms with Gasteiger partial charge in [-0.3, -0.25) is 9.79 Å². The fourth-order valence-corrected chi connectivity index (χ4v) is 4.18. The van der Waals surface area contributed by atoms with E-state index in [2.05, 4.69) is 41.6 Å². The molecular weight excluding hydrogens is 491 g/mol. The molecule has 2 aliphatic rings. The van der Waals surface area contributed by atoms with Gasteiger partial charge < -0.3 is 20.3 Å². The average Bonchev–Trinajstić information content (AvgIpc) is 3.42. The van der Waals surface area contributed by atoms with Crippen LogP contribution < -0.4 is 15.4 Å². The first-order valence-electron chi connectivity index (χ1n) is 11.1. The summed E-state index contributed by atoms with van der Waals surface area (Å²) < 4.78 is 5.81. The molecule has 168 valence electrons. The first kappa shape index (κ1) is 24.8. The van der Waals surface area contributed by atoms with Crippen molar-refractivity contribution in [1.29, 1.82) is 0 Å². The molecule has 1 aliphatic heterocycles. The highest BCUT2D eigenvalue weighted by atomic mass is 127. The third-order valence-electron chi connectivity index (χ3n) is 5.98. The summed E-state index contributed by atoms with van der Waals surface area (Å²) in [6.07, 6.45) is 5.50. The minimum atomic E-state index is 0. The number of guanidine groups is 1. The molecule has 1 amide bonds. The van der Waals surface area contributed by atoms with Crippen LogP contribution in [0.15, 0.2) is 29.3 Å². The number of carbonyl (C=O) groups is 1. The van der Waals surface area contributed by atoms with Gasteiger partial charge in [0.2, 0.25) is 5.91 Å². The first-order chi connectivity index (χ1) is 14.1. The summed E-state index contributed by atoms with van der Waals surface area (Å²) in [5, 5.41) is 6.75. The Kier molecular flexibility index (Phi) is 10.2. The van der Waals surface area contributed by atoms with Crippen molar-refractivity contribution in [3.63, 3.8) is 0 Å². The highest BCUT2D eigenvalue weighted by molar-refractivity contribution is 14.0. The third kappa shape index (κ3) is 7.03. The highest BCUT2D eigenvalue weighted by Gasteiger charge is 2.32. The maximum absolute atomic E-state index is 12.6. The number of nitrogens with zero attached hydrogens (tertiary/aromatic N) is 2. The Morgan fingerprint density at radius 2 is 1.90 bits per heavy atom. The van der Waals surface area contributed by atoms with Crippen LogP contribution in [0.3, 0.4) is 0 Å². The summed E-state index contributed by atoms with van der Waals surface area (Å²) in [4.78, 5) is 18.9. The van der Waals surface area contributed by atoms with Gasteiger partial charge in [0.1, 0.15) is 12.4 Å². The van der Waals surface area contributed by atoms with Crippen LogP contribution in [0.2, 0.25) is 0 Å². The highest BCUT2D eigenvalue weighted by Crippen LogP contribution is 2.27. The summed E-state index contributed by atoms with van der Waals surface area (Å²) in [5.74, 6) is 2.80. The van der Waals surface area contributed by atoms with Crippen molar-refractivity contribution >= 4 is 35.8 Å². The molecule has 6 nitrogen and oxygen atoms in total. The van der Waals surface area contributed by atoms with E-state index >= 15 is 0 Å². The van der Waals surface area contributed by atoms with Crippen molar-refractivity contribution in [2.45, 2.75) is 57.9 Å². The Bertz CT molecular complexity index is 687. The fourth-order valence-electron chi connectivity index (χ4n) is 4.18. The van der Waals surface area contributed by atoms with Crippen LogP contribution in [-0.4, -0.2) is 56.1 Å². The van der Waals surface area contributed by atoms with Crippen molar-refractivity contribution in [3.05, 3.63) is 29.8 Å². The first-order valence-corrected chi connectivity index (χ1v) is 11.1. The van der Waals surface area contributed by atoms with Crippen LogP contribution in [0, 0.1) is 5.92 Å². The lowest BCUT2D eigenvalue weighted by Crippen LogP contribution is -2.46. The van der Waals surface area contributed by atoms with E-state index in [0.29, 0.717) is 25.0 Å². The lowest BCUT2D eigenvalue weighted by Gasteiger charge is -2.21. The maximum Gasteiger partial charge on any atom is 0.225 e. The normalized spacial score (nSPS) is 19.7. The predicted molar refractivity (Wildman–Crippen MR) is 133 cm³/mol. The molecule has 3 rings (SSSR count). The molecule has 1 unspecified atom stereocenters. The Balaban J connectivity index is 0.00000320. The van der Waals surface area contributed by atoms with Crippen LogP contribution in [0.1, 0.15) is 57.4 Å². The summed E-state index contributed by atoms with van der Waals surface area (Å²) in [7, 11) is 1.78. The second kappa shape index (κ2) is 12.4. The van der Waals surface area contributed by atoms with Gasteiger partial charge in [0.25, 0.3) is 0 Å². The van der Waals surface area contributed by atoms with E-state index in [0.717, 1.165) is 44.1 Å². The number of hydrogen-bond donors (Lipinski definition) is 2. The van der Waals surface area contributed by atoms with Gasteiger partial charge in [0, 0.05) is 32.1 Å². The molecule has 0 spiro atoms. The van der Waals surface area contributed by atoms with Gasteiger partial charge in [0.15, 0.2) is 5.96 Å². The number of aliphatic imine (C=N–C) groups is 1. The number of ether oxygens (including phenoxy) is 1. The molecule has 1 heterocycles. The number of amides is 1. The summed E-state index contributed by atoms with van der Waals surface area (Å²) in [6, 6.07) is 8.54. The number of rotatable bonds is 7. The standard InChI is InChI=1S/C23H36N4O2.HI/c1-17(2)18-8-10-21(11-9-18)29-15-13-25-23(24-3)26-20-12-14-27(16-20)22(28)19-6-4-5-7-19;/h8-11,17,19-20H,4-7,12-16H2,1-3H3,(H2,24,25,26);1H. The Hall–Kier alpha value is -1.51. The Morgan fingerprint density at radius 1 is 1.20 bits per heavy atom. The molecule has 7 heteroatoms. The SMILES string of the molecule is CN=C(NCCOc1ccc(C(C)C)cc1)NC1CCN(C(=O)C2CCCC2)C1.I. The molecule has 1 saturated carbocycles. The van der Waals surface area contributed by atoms with Crippen molar-refractivity contribution < 1.29 is 9.53 Å². The molecule has 1 saturated heterocycles. The van der Waals surface area contributed by atoms with Gasteiger partial charge in [-0.05, 0) is 42.9 Å². The monoisotopic (exact) mass is 528 g/mol. The number of likely N-dealkylation sites (tertiary alicyclic amines) is 1. The summed E-state index contributed by atoms with van der Waals surface area (Å²) in [5.41, 5.74) is 1.32. The zero-order valence-corrected chi connectivity index (χ0v) is 20.9. The van der Waals surface area contributed by atoms with E-state index < -0.39 is 0 Å². The Labute approximate surface area is 198 Å². The van der Waals surface area contributed by atoms with Gasteiger partial charge in [0.05, 0.1) is 6.54 Å². The van der Waals surface area contributed by atoms with Crippen LogP contribution in [-0.2, 0) is 4.79 Å². The quantitative estimate of drug-likeness (QED) is 0.245. The molecule has 30 heavy (non-hydrogen) atoms. The second-order valence-corrected chi connectivity index (χ2v) is 8.47. The molecule has 0 bridgehead atoms. The summed E-state index contributed by atoms with van der Waals surface area (Å²) >= 11 is 0. The van der Waals surface area contributed by atoms with E-state index in [9.17, 15) is 4.79 Å². The van der Waals surface area contributed by atoms with Gasteiger partial charge in [-0.1, -0.05) is 38.8 Å². The minimum absolute atomic E-state index is 0. The number of halogens is 1. The molecule has 2 N–H and O–H groups in total. The largest absolute Gasteiger partial charge is 0.492 e. The minimum Gasteiger partial charge on any atom is -0.492 e. The molecule has 1 aliphatic carbocycles. The smallest absolute Gasteiger partial charge is 0.225 e. The van der Waals surface area contributed by atoms with Crippen LogP contribution in [0.25, 0.3) is 0 Å². The molecule has 1 atom stereocenters. The van der Waals surface area contributed by atoms with E-state index in [1.54, 1.807) is 7.05 Å². The van der Waals surface area contributed by atoms with Gasteiger partial charge in [-0.15, -0.1) is 24.0 Å². The number of nitrogens with one attached hydrogen (secondary N) is 2. The number of carbonyl (C=O) groups excluding carboxylic acids is 1. The van der Waals surface area contributed by atoms with Crippen molar-refractivity contribution in [3.8, 4) is 5.75 Å². The summed E-state index contributed by atoms with van der Waals surface area (Å²) in [6.45, 7) is 7.23. The topological polar surface area (TPSA) is 66.0 Å². The molecule has 0 radical (unpaired) electrons. The molecule has 0 aromatic heterocycles. The molecular formula is C23H37IN4O2. The lowest BCUT2D eigenvalue weighted by molar-refractivity contribution is -0.134. The Morgan fingerprint density at radius 3 is 2.53 bits per heavy atom. The van der Waals surface area contributed by atoms with Gasteiger partial charge >= 0.3 is 0 Å². The van der Waals surface area contributed by atoms with Crippen LogP contribution in [0.5, 0.6) is 5.75 Å². The van der Waals surface area contributed by atoms with Crippen molar-refractivity contribution in [1.82, 2.24) is 15.5 Å². The number of benzene rings is 1. The fraction of sp³-hybridized carbons (Fsp3) is 0.652. The van der Waals surface area contributed by atoms with E-state index in [4.69, 9.17) is 4.74 Å². The zero-order valence-electron chi connectivity index (χ0n) is 18.5. The molecule has 1 aromatic rings.